The molecule has 2 heterocycles. The molecule has 4 rings (SSSR count). The summed E-state index contributed by atoms with van der Waals surface area (Å²) in [5.41, 5.74) is 3.87. The number of benzene rings is 1. The van der Waals surface area contributed by atoms with Gasteiger partial charge in [-0.05, 0) is 24.0 Å². The summed E-state index contributed by atoms with van der Waals surface area (Å²) in [7, 11) is 0. The predicted molar refractivity (Wildman–Crippen MR) is 111 cm³/mol. The quantitative estimate of drug-likeness (QED) is 0.637. The first-order chi connectivity index (χ1) is 13.2. The van der Waals surface area contributed by atoms with E-state index in [-0.39, 0.29) is 34.7 Å². The number of fused-ring (bicyclic) bond motifs is 1. The van der Waals surface area contributed by atoms with E-state index in [1.165, 1.54) is 40.2 Å². The Balaban J connectivity index is 1.35. The topological polar surface area (TPSA) is 78.4 Å². The summed E-state index contributed by atoms with van der Waals surface area (Å²) in [6, 6.07) is 7.68. The van der Waals surface area contributed by atoms with Crippen LogP contribution in [0.4, 0.5) is 0 Å². The highest BCUT2D eigenvalue weighted by atomic mass is 32.2. The smallest absolute Gasteiger partial charge is 0.165 e. The number of carbonyl (C=O) groups is 2. The molecule has 2 saturated heterocycles. The molecular weight excluding hydrogens is 380 g/mol. The van der Waals surface area contributed by atoms with E-state index in [4.69, 9.17) is 0 Å². The maximum atomic E-state index is 12.9. The monoisotopic (exact) mass is 404 g/mol. The maximum absolute atomic E-state index is 12.9. The molecule has 4 atom stereocenters. The van der Waals surface area contributed by atoms with E-state index in [9.17, 15) is 14.7 Å². The molecular formula is C20H24N2O3S2. The number of nitrogens with one attached hydrogen (secondary N) is 2. The molecule has 0 saturated carbocycles. The fraction of sp³-hybridized carbons (Fsp3) is 0.500. The number of hydrogen-bond donors (Lipinski definition) is 3. The number of hydrogen-bond acceptors (Lipinski definition) is 7. The van der Waals surface area contributed by atoms with E-state index in [1.54, 1.807) is 0 Å². The van der Waals surface area contributed by atoms with Crippen LogP contribution in [0, 0.1) is 0 Å². The second-order valence-electron chi connectivity index (χ2n) is 7.19. The number of carbonyl (C=O) groups excluding carboxylic acids is 2. The van der Waals surface area contributed by atoms with Crippen molar-refractivity contribution in [2.24, 2.45) is 0 Å². The van der Waals surface area contributed by atoms with Gasteiger partial charge in [-0.1, -0.05) is 35.9 Å². The largest absolute Gasteiger partial charge is 0.395 e. The summed E-state index contributed by atoms with van der Waals surface area (Å²) in [6.07, 6.45) is 4.34. The van der Waals surface area contributed by atoms with Gasteiger partial charge in [0.05, 0.1) is 23.1 Å². The third kappa shape index (κ3) is 4.03. The molecule has 2 unspecified atom stereocenters. The molecule has 0 amide bonds. The van der Waals surface area contributed by atoms with E-state index in [0.717, 1.165) is 12.8 Å². The Labute approximate surface area is 167 Å². The zero-order valence-electron chi connectivity index (χ0n) is 15.0. The van der Waals surface area contributed by atoms with Crippen molar-refractivity contribution in [1.29, 1.82) is 0 Å². The van der Waals surface area contributed by atoms with E-state index < -0.39 is 6.04 Å². The third-order valence-corrected chi connectivity index (χ3v) is 7.95. The molecule has 5 nitrogen and oxygen atoms in total. The molecule has 0 bridgehead atoms. The van der Waals surface area contributed by atoms with Gasteiger partial charge in [-0.3, -0.25) is 14.9 Å². The Hall–Kier alpha value is -1.12. The molecule has 0 aromatic heterocycles. The molecule has 1 aromatic carbocycles. The molecule has 3 N–H and O–H groups in total. The maximum Gasteiger partial charge on any atom is 0.165 e. The number of aliphatic hydroxyl groups excluding tert-OH is 1. The van der Waals surface area contributed by atoms with Gasteiger partial charge in [0.2, 0.25) is 0 Å². The molecule has 27 heavy (non-hydrogen) atoms. The summed E-state index contributed by atoms with van der Waals surface area (Å²) < 4.78 is 0. The molecule has 0 radical (unpaired) electrons. The van der Waals surface area contributed by atoms with Crippen molar-refractivity contribution in [2.75, 3.05) is 18.4 Å². The van der Waals surface area contributed by atoms with Gasteiger partial charge < -0.3 is 10.4 Å². The molecule has 0 spiro atoms. The van der Waals surface area contributed by atoms with Crippen LogP contribution in [0.15, 0.2) is 29.8 Å². The lowest BCUT2D eigenvalue weighted by Gasteiger charge is -2.22. The number of allylic oxidation sites excluding steroid dienone is 1. The van der Waals surface area contributed by atoms with Gasteiger partial charge in [0.1, 0.15) is 5.78 Å². The molecule has 3 aliphatic rings. The highest BCUT2D eigenvalue weighted by molar-refractivity contribution is 8.01. The number of rotatable bonds is 7. The van der Waals surface area contributed by atoms with Gasteiger partial charge in [0.15, 0.2) is 5.78 Å². The van der Waals surface area contributed by atoms with Crippen molar-refractivity contribution in [2.45, 2.75) is 41.8 Å². The Morgan fingerprint density at radius 1 is 1.11 bits per heavy atom. The number of Topliss-reactive ketones (excluding diaryl/α,β-unsaturated/α-hetero) is 2. The highest BCUT2D eigenvalue weighted by Gasteiger charge is 2.44. The van der Waals surface area contributed by atoms with Gasteiger partial charge in [-0.2, -0.15) is 0 Å². The molecule has 2 fully saturated rings. The van der Waals surface area contributed by atoms with Crippen LogP contribution in [0.1, 0.15) is 24.0 Å². The molecule has 144 valence electrons. The molecule has 2 aliphatic heterocycles. The minimum atomic E-state index is -0.441. The lowest BCUT2D eigenvalue weighted by molar-refractivity contribution is -0.125. The Kier molecular flexibility index (Phi) is 6.04. The number of ketones is 2. The van der Waals surface area contributed by atoms with E-state index in [2.05, 4.69) is 28.8 Å². The van der Waals surface area contributed by atoms with Crippen LogP contribution in [0.3, 0.4) is 0 Å². The normalized spacial score (nSPS) is 29.6. The van der Waals surface area contributed by atoms with E-state index >= 15 is 0 Å². The third-order valence-electron chi connectivity index (χ3n) is 5.47. The first-order valence-corrected chi connectivity index (χ1v) is 11.4. The van der Waals surface area contributed by atoms with Crippen molar-refractivity contribution >= 4 is 41.2 Å². The Morgan fingerprint density at radius 3 is 2.70 bits per heavy atom. The number of aliphatic hydroxyl groups is 1. The molecule has 7 heteroatoms. The highest BCUT2D eigenvalue weighted by Crippen LogP contribution is 2.32. The number of thioether (sulfide) groups is 2. The summed E-state index contributed by atoms with van der Waals surface area (Å²) >= 11 is 3.05. The fourth-order valence-corrected chi connectivity index (χ4v) is 6.38. The average Bonchev–Trinajstić information content (AvgIpc) is 3.43. The zero-order valence-corrected chi connectivity index (χ0v) is 16.7. The summed E-state index contributed by atoms with van der Waals surface area (Å²) in [5.74, 6) is 1.47. The molecule has 1 aromatic rings. The lowest BCUT2D eigenvalue weighted by atomic mass is 9.96. The van der Waals surface area contributed by atoms with Gasteiger partial charge in [0.25, 0.3) is 0 Å². The van der Waals surface area contributed by atoms with Crippen molar-refractivity contribution in [3.05, 3.63) is 41.0 Å². The second-order valence-corrected chi connectivity index (χ2v) is 9.44. The van der Waals surface area contributed by atoms with Crippen LogP contribution in [-0.4, -0.2) is 57.6 Å². The zero-order chi connectivity index (χ0) is 18.8. The van der Waals surface area contributed by atoms with Crippen molar-refractivity contribution in [3.63, 3.8) is 0 Å². The average molecular weight is 405 g/mol. The first kappa shape index (κ1) is 19.2. The Bertz CT molecular complexity index is 767. The van der Waals surface area contributed by atoms with Crippen LogP contribution in [-0.2, 0) is 16.0 Å². The van der Waals surface area contributed by atoms with Crippen LogP contribution < -0.4 is 10.6 Å². The van der Waals surface area contributed by atoms with Crippen molar-refractivity contribution < 1.29 is 14.7 Å². The lowest BCUT2D eigenvalue weighted by Crippen LogP contribution is -2.50. The SMILES string of the molecule is O=C(CCC1=Cc2ccccc2C1)C1SCN[C@@H]1C(=O)C1SCN[C@@H]1CO. The van der Waals surface area contributed by atoms with Crippen molar-refractivity contribution in [1.82, 2.24) is 10.6 Å². The van der Waals surface area contributed by atoms with Crippen LogP contribution in [0.2, 0.25) is 0 Å². The van der Waals surface area contributed by atoms with Crippen LogP contribution in [0.25, 0.3) is 6.08 Å². The predicted octanol–water partition coefficient (Wildman–Crippen LogP) is 1.60. The first-order valence-electron chi connectivity index (χ1n) is 9.32. The standard InChI is InChI=1S/C20H24N2O3S2/c23-9-15-19(26-10-21-15)18(25)17-20(27-11-22-17)16(24)6-5-12-7-13-3-1-2-4-14(13)8-12/h1-4,7,15,17,19-23H,5-6,8-11H2/t15-,17-,19?,20?/m1/s1. The van der Waals surface area contributed by atoms with Gasteiger partial charge in [-0.25, -0.2) is 0 Å². The van der Waals surface area contributed by atoms with Crippen molar-refractivity contribution in [3.8, 4) is 0 Å². The van der Waals surface area contributed by atoms with Crippen LogP contribution in [0.5, 0.6) is 0 Å². The summed E-state index contributed by atoms with van der Waals surface area (Å²) in [4.78, 5) is 25.8. The second kappa shape index (κ2) is 8.49. The van der Waals surface area contributed by atoms with Gasteiger partial charge in [-0.15, -0.1) is 23.5 Å². The molecule has 1 aliphatic carbocycles. The Morgan fingerprint density at radius 2 is 1.89 bits per heavy atom. The van der Waals surface area contributed by atoms with Gasteiger partial charge in [0, 0.05) is 24.2 Å². The minimum absolute atomic E-state index is 0.0416. The van der Waals surface area contributed by atoms with E-state index in [1.807, 2.05) is 12.1 Å². The minimum Gasteiger partial charge on any atom is -0.395 e. The van der Waals surface area contributed by atoms with E-state index in [0.29, 0.717) is 18.2 Å². The van der Waals surface area contributed by atoms with Gasteiger partial charge >= 0.3 is 0 Å². The van der Waals surface area contributed by atoms with Crippen LogP contribution >= 0.6 is 23.5 Å². The summed E-state index contributed by atoms with van der Waals surface area (Å²) in [5, 5.41) is 15.2. The fourth-order valence-electron chi connectivity index (χ4n) is 3.98. The summed E-state index contributed by atoms with van der Waals surface area (Å²) in [6.45, 7) is -0.0589.